The summed E-state index contributed by atoms with van der Waals surface area (Å²) in [5.41, 5.74) is 1.20. The molecule has 0 aromatic carbocycles. The molecule has 2 aromatic rings. The van der Waals surface area contributed by atoms with Gasteiger partial charge >= 0.3 is 5.97 Å². The van der Waals surface area contributed by atoms with Crippen molar-refractivity contribution in [2.75, 3.05) is 0 Å². The first-order valence-corrected chi connectivity index (χ1v) is 5.15. The number of carboxylic acids is 1. The van der Waals surface area contributed by atoms with Crippen LogP contribution in [0.3, 0.4) is 0 Å². The number of aliphatic carboxylic acids is 1. The minimum Gasteiger partial charge on any atom is -0.480 e. The lowest BCUT2D eigenvalue weighted by Gasteiger charge is -1.95. The van der Waals surface area contributed by atoms with E-state index < -0.39 is 5.97 Å². The fraction of sp³-hybridized carbons (Fsp3) is 0.111. The third-order valence-electron chi connectivity index (χ3n) is 1.91. The minimum atomic E-state index is -1.05. The van der Waals surface area contributed by atoms with Crippen LogP contribution in [0.5, 0.6) is 0 Å². The maximum Gasteiger partial charge on any atom is 0.325 e. The number of rotatable bonds is 3. The SMILES string of the molecule is O=C(O)Cn1[nH]c(-c2ccsc2)cc1=O. The third kappa shape index (κ3) is 1.99. The first kappa shape index (κ1) is 9.72. The van der Waals surface area contributed by atoms with Gasteiger partial charge in [0, 0.05) is 17.0 Å². The first-order valence-electron chi connectivity index (χ1n) is 4.21. The highest BCUT2D eigenvalue weighted by Crippen LogP contribution is 2.18. The molecular weight excluding hydrogens is 216 g/mol. The number of nitrogens with one attached hydrogen (secondary N) is 1. The van der Waals surface area contributed by atoms with Crippen molar-refractivity contribution in [2.24, 2.45) is 0 Å². The van der Waals surface area contributed by atoms with Crippen molar-refractivity contribution in [3.05, 3.63) is 33.2 Å². The zero-order chi connectivity index (χ0) is 10.8. The van der Waals surface area contributed by atoms with E-state index >= 15 is 0 Å². The Labute approximate surface area is 88.6 Å². The van der Waals surface area contributed by atoms with Crippen molar-refractivity contribution in [2.45, 2.75) is 6.54 Å². The number of thiophene rings is 1. The summed E-state index contributed by atoms with van der Waals surface area (Å²) in [4.78, 5) is 21.8. The fourth-order valence-electron chi connectivity index (χ4n) is 1.25. The van der Waals surface area contributed by atoms with E-state index in [0.717, 1.165) is 10.2 Å². The molecule has 0 radical (unpaired) electrons. The molecule has 6 heteroatoms. The Morgan fingerprint density at radius 1 is 1.60 bits per heavy atom. The number of H-pyrrole nitrogens is 1. The van der Waals surface area contributed by atoms with Crippen molar-refractivity contribution < 1.29 is 9.90 Å². The zero-order valence-electron chi connectivity index (χ0n) is 7.64. The Kier molecular flexibility index (Phi) is 2.42. The molecule has 0 bridgehead atoms. The van der Waals surface area contributed by atoms with Gasteiger partial charge < -0.3 is 5.11 Å². The number of hydrogen-bond donors (Lipinski definition) is 2. The Morgan fingerprint density at radius 3 is 3.00 bits per heavy atom. The molecule has 15 heavy (non-hydrogen) atoms. The van der Waals surface area contributed by atoms with Crippen LogP contribution in [0, 0.1) is 0 Å². The summed E-state index contributed by atoms with van der Waals surface area (Å²) < 4.78 is 1.06. The number of aromatic amines is 1. The predicted octanol–water partition coefficient (Wildman–Crippen LogP) is 0.990. The van der Waals surface area contributed by atoms with Crippen molar-refractivity contribution in [3.63, 3.8) is 0 Å². The zero-order valence-corrected chi connectivity index (χ0v) is 8.45. The highest BCUT2D eigenvalue weighted by Gasteiger charge is 2.07. The second-order valence-electron chi connectivity index (χ2n) is 3.00. The van der Waals surface area contributed by atoms with E-state index in [1.807, 2.05) is 16.8 Å². The highest BCUT2D eigenvalue weighted by atomic mass is 32.1. The average Bonchev–Trinajstić information content (AvgIpc) is 2.75. The molecule has 0 aliphatic heterocycles. The first-order chi connectivity index (χ1) is 7.16. The topological polar surface area (TPSA) is 75.1 Å². The van der Waals surface area contributed by atoms with Crippen LogP contribution in [0.2, 0.25) is 0 Å². The number of hydrogen-bond acceptors (Lipinski definition) is 3. The largest absolute Gasteiger partial charge is 0.480 e. The van der Waals surface area contributed by atoms with E-state index in [4.69, 9.17) is 5.11 Å². The van der Waals surface area contributed by atoms with Gasteiger partial charge in [-0.15, -0.1) is 0 Å². The normalized spacial score (nSPS) is 10.4. The van der Waals surface area contributed by atoms with E-state index in [1.54, 1.807) is 0 Å². The summed E-state index contributed by atoms with van der Waals surface area (Å²) >= 11 is 1.52. The Balaban J connectivity index is 2.37. The van der Waals surface area contributed by atoms with E-state index in [1.165, 1.54) is 17.4 Å². The van der Waals surface area contributed by atoms with Gasteiger partial charge in [0.1, 0.15) is 6.54 Å². The van der Waals surface area contributed by atoms with Crippen LogP contribution in [0.15, 0.2) is 27.7 Å². The van der Waals surface area contributed by atoms with Crippen LogP contribution in [-0.2, 0) is 11.3 Å². The molecule has 0 amide bonds. The molecule has 0 saturated carbocycles. The van der Waals surface area contributed by atoms with Crippen LogP contribution in [-0.4, -0.2) is 20.9 Å². The van der Waals surface area contributed by atoms with E-state index in [-0.39, 0.29) is 12.1 Å². The molecule has 0 aliphatic rings. The second kappa shape index (κ2) is 3.74. The fourth-order valence-corrected chi connectivity index (χ4v) is 1.91. The van der Waals surface area contributed by atoms with Crippen molar-refractivity contribution in [1.82, 2.24) is 9.78 Å². The summed E-state index contributed by atoms with van der Waals surface area (Å²) in [6.07, 6.45) is 0. The lowest BCUT2D eigenvalue weighted by molar-refractivity contribution is -0.137. The van der Waals surface area contributed by atoms with Crippen molar-refractivity contribution >= 4 is 17.3 Å². The molecule has 0 unspecified atom stereocenters. The van der Waals surface area contributed by atoms with Gasteiger partial charge in [-0.1, -0.05) is 0 Å². The molecule has 0 fully saturated rings. The molecule has 2 rings (SSSR count). The molecule has 2 aromatic heterocycles. The number of carboxylic acid groups (broad SMARTS) is 1. The summed E-state index contributed by atoms with van der Waals surface area (Å²) in [6, 6.07) is 3.26. The maximum atomic E-state index is 11.3. The number of nitrogens with zero attached hydrogens (tertiary/aromatic N) is 1. The molecule has 2 N–H and O–H groups in total. The minimum absolute atomic E-state index is 0.335. The van der Waals surface area contributed by atoms with E-state index in [2.05, 4.69) is 5.10 Å². The van der Waals surface area contributed by atoms with Crippen LogP contribution in [0.4, 0.5) is 0 Å². The lowest BCUT2D eigenvalue weighted by atomic mass is 10.2. The predicted molar refractivity (Wildman–Crippen MR) is 56.0 cm³/mol. The van der Waals surface area contributed by atoms with Gasteiger partial charge in [-0.2, -0.15) is 11.3 Å². The van der Waals surface area contributed by atoms with Gasteiger partial charge in [-0.05, 0) is 11.4 Å². The smallest absolute Gasteiger partial charge is 0.325 e. The summed E-state index contributed by atoms with van der Waals surface area (Å²) in [6.45, 7) is -0.344. The Morgan fingerprint density at radius 2 is 2.40 bits per heavy atom. The molecule has 0 saturated heterocycles. The molecule has 0 atom stereocenters. The maximum absolute atomic E-state index is 11.3. The Bertz CT molecular complexity index is 524. The third-order valence-corrected chi connectivity index (χ3v) is 2.60. The monoisotopic (exact) mass is 224 g/mol. The van der Waals surface area contributed by atoms with Gasteiger partial charge in [0.25, 0.3) is 5.56 Å². The van der Waals surface area contributed by atoms with Gasteiger partial charge in [0.2, 0.25) is 0 Å². The van der Waals surface area contributed by atoms with Gasteiger partial charge in [0.15, 0.2) is 0 Å². The lowest BCUT2D eigenvalue weighted by Crippen LogP contribution is -2.20. The standard InChI is InChI=1S/C9H8N2O3S/c12-8-3-7(6-1-2-15-5-6)10-11(8)4-9(13)14/h1-3,5,10H,4H2,(H,13,14). The second-order valence-corrected chi connectivity index (χ2v) is 3.78. The van der Waals surface area contributed by atoms with Crippen molar-refractivity contribution in [3.8, 4) is 11.3 Å². The van der Waals surface area contributed by atoms with Crippen LogP contribution < -0.4 is 5.56 Å². The van der Waals surface area contributed by atoms with Gasteiger partial charge in [0.05, 0.1) is 5.69 Å². The van der Waals surface area contributed by atoms with Gasteiger partial charge in [-0.3, -0.25) is 14.7 Å². The Hall–Kier alpha value is -1.82. The number of aromatic nitrogens is 2. The van der Waals surface area contributed by atoms with Crippen molar-refractivity contribution in [1.29, 1.82) is 0 Å². The highest BCUT2D eigenvalue weighted by molar-refractivity contribution is 7.08. The average molecular weight is 224 g/mol. The van der Waals surface area contributed by atoms with E-state index in [9.17, 15) is 9.59 Å². The number of carbonyl (C=O) groups is 1. The molecular formula is C9H8N2O3S. The molecule has 0 aliphatic carbocycles. The summed E-state index contributed by atoms with van der Waals surface area (Å²) in [5.74, 6) is -1.05. The molecule has 2 heterocycles. The van der Waals surface area contributed by atoms with Gasteiger partial charge in [-0.25, -0.2) is 4.68 Å². The summed E-state index contributed by atoms with van der Waals surface area (Å²) in [5, 5.41) is 15.1. The van der Waals surface area contributed by atoms with Crippen LogP contribution in [0.1, 0.15) is 0 Å². The summed E-state index contributed by atoms with van der Waals surface area (Å²) in [7, 11) is 0. The molecule has 78 valence electrons. The van der Waals surface area contributed by atoms with Crippen LogP contribution in [0.25, 0.3) is 11.3 Å². The molecule has 5 nitrogen and oxygen atoms in total. The van der Waals surface area contributed by atoms with Crippen LogP contribution >= 0.6 is 11.3 Å². The molecule has 0 spiro atoms. The van der Waals surface area contributed by atoms with E-state index in [0.29, 0.717) is 5.69 Å². The quantitative estimate of drug-likeness (QED) is 0.816.